The molecule has 1 aliphatic rings. The molecule has 11 heteroatoms. The van der Waals surface area contributed by atoms with E-state index < -0.39 is 24.2 Å². The minimum Gasteiger partial charge on any atom is -0.506 e. The van der Waals surface area contributed by atoms with Crippen molar-refractivity contribution in [1.29, 1.82) is 0 Å². The molecule has 1 amide bonds. The Morgan fingerprint density at radius 2 is 2.17 bits per heavy atom. The number of carbonyl (C=O) groups excluding carboxylic acids is 1. The number of phenolic OH excluding ortho intramolecular Hbond substituents is 1. The zero-order valence-electron chi connectivity index (χ0n) is 15.5. The molecule has 0 saturated heterocycles. The van der Waals surface area contributed by atoms with Gasteiger partial charge in [-0.1, -0.05) is 12.1 Å². The van der Waals surface area contributed by atoms with Gasteiger partial charge < -0.3 is 15.7 Å². The molecular weight excluding hydrogens is 485 g/mol. The second kappa shape index (κ2) is 7.62. The molecule has 3 aromatic rings. The van der Waals surface area contributed by atoms with Crippen molar-refractivity contribution in [3.63, 3.8) is 0 Å². The maximum absolute atomic E-state index is 13.8. The molecule has 0 unspecified atom stereocenters. The summed E-state index contributed by atoms with van der Waals surface area (Å²) in [6.07, 6.45) is -4.79. The van der Waals surface area contributed by atoms with Crippen LogP contribution in [0.25, 0.3) is 0 Å². The number of nitrogens with zero attached hydrogens (tertiary/aromatic N) is 2. The van der Waals surface area contributed by atoms with Gasteiger partial charge in [-0.05, 0) is 52.0 Å². The number of fused-ring (bicyclic) bond motifs is 1. The number of hydrogen-bond donors (Lipinski definition) is 3. The second-order valence-electron chi connectivity index (χ2n) is 6.94. The van der Waals surface area contributed by atoms with Crippen molar-refractivity contribution in [1.82, 2.24) is 9.78 Å². The van der Waals surface area contributed by atoms with Gasteiger partial charge in [0.1, 0.15) is 11.6 Å². The summed E-state index contributed by atoms with van der Waals surface area (Å²) in [6, 6.07) is 5.74. The predicted molar refractivity (Wildman–Crippen MR) is 111 cm³/mol. The van der Waals surface area contributed by atoms with Crippen LogP contribution >= 0.6 is 27.3 Å². The molecule has 2 aromatic heterocycles. The van der Waals surface area contributed by atoms with Crippen LogP contribution in [0, 0.1) is 6.92 Å². The zero-order valence-corrected chi connectivity index (χ0v) is 17.9. The highest BCUT2D eigenvalue weighted by Crippen LogP contribution is 2.47. The van der Waals surface area contributed by atoms with Gasteiger partial charge in [-0.3, -0.25) is 4.79 Å². The highest BCUT2D eigenvalue weighted by atomic mass is 79.9. The first-order valence-corrected chi connectivity index (χ1v) is 10.6. The Morgan fingerprint density at radius 3 is 2.83 bits per heavy atom. The van der Waals surface area contributed by atoms with E-state index in [1.54, 1.807) is 36.6 Å². The lowest BCUT2D eigenvalue weighted by Crippen LogP contribution is -2.35. The van der Waals surface area contributed by atoms with Gasteiger partial charge in [0.25, 0.3) is 5.91 Å². The molecule has 0 fully saturated rings. The summed E-state index contributed by atoms with van der Waals surface area (Å²) in [6.45, 7) is 1.78. The van der Waals surface area contributed by atoms with Crippen LogP contribution in [-0.4, -0.2) is 27.0 Å². The number of halogens is 4. The van der Waals surface area contributed by atoms with Crippen LogP contribution in [0.15, 0.2) is 40.2 Å². The van der Waals surface area contributed by atoms with Crippen LogP contribution in [0.3, 0.4) is 0 Å². The first-order valence-electron chi connectivity index (χ1n) is 8.90. The number of aromatic hydroxyl groups is 1. The third kappa shape index (κ3) is 3.79. The molecule has 2 atom stereocenters. The Bertz CT molecular complexity index is 1100. The highest BCUT2D eigenvalue weighted by Gasteiger charge is 2.48. The van der Waals surface area contributed by atoms with Crippen LogP contribution in [0.1, 0.15) is 39.4 Å². The lowest BCUT2D eigenvalue weighted by atomic mass is 10.0. The smallest absolute Gasteiger partial charge is 0.410 e. The fourth-order valence-electron chi connectivity index (χ4n) is 3.34. The van der Waals surface area contributed by atoms with Crippen molar-refractivity contribution in [2.24, 2.45) is 0 Å². The van der Waals surface area contributed by atoms with Gasteiger partial charge in [-0.25, -0.2) is 4.68 Å². The number of alkyl halides is 3. The molecule has 0 saturated carbocycles. The maximum atomic E-state index is 13.8. The number of phenols is 1. The molecule has 30 heavy (non-hydrogen) atoms. The number of aromatic nitrogens is 2. The molecular formula is C19H16BrF3N4O2S. The van der Waals surface area contributed by atoms with E-state index in [4.69, 9.17) is 0 Å². The molecule has 0 aliphatic carbocycles. The average molecular weight is 501 g/mol. The number of amides is 1. The average Bonchev–Trinajstić information content (AvgIpc) is 3.32. The van der Waals surface area contributed by atoms with Gasteiger partial charge >= 0.3 is 6.18 Å². The van der Waals surface area contributed by atoms with E-state index in [-0.39, 0.29) is 33.8 Å². The van der Waals surface area contributed by atoms with Crippen molar-refractivity contribution >= 4 is 44.7 Å². The van der Waals surface area contributed by atoms with Crippen LogP contribution < -0.4 is 10.6 Å². The molecule has 1 aromatic carbocycles. The monoisotopic (exact) mass is 500 g/mol. The second-order valence-corrected chi connectivity index (χ2v) is 8.71. The minimum absolute atomic E-state index is 0.0839. The Morgan fingerprint density at radius 1 is 1.40 bits per heavy atom. The van der Waals surface area contributed by atoms with Crippen molar-refractivity contribution in [2.45, 2.75) is 31.6 Å². The van der Waals surface area contributed by atoms with E-state index in [0.29, 0.717) is 0 Å². The van der Waals surface area contributed by atoms with Crippen LogP contribution in [-0.2, 0) is 0 Å². The van der Waals surface area contributed by atoms with Crippen molar-refractivity contribution in [3.05, 3.63) is 56.3 Å². The third-order valence-electron chi connectivity index (χ3n) is 4.80. The molecule has 0 radical (unpaired) electrons. The number of thiophene rings is 1. The van der Waals surface area contributed by atoms with Crippen LogP contribution in [0.4, 0.5) is 24.7 Å². The summed E-state index contributed by atoms with van der Waals surface area (Å²) in [5.74, 6) is -0.807. The number of aryl methyl sites for hydroxylation is 1. The van der Waals surface area contributed by atoms with E-state index in [2.05, 4.69) is 31.7 Å². The number of nitrogens with one attached hydrogen (secondary N) is 2. The largest absolute Gasteiger partial charge is 0.506 e. The van der Waals surface area contributed by atoms with Gasteiger partial charge in [-0.2, -0.15) is 18.3 Å². The van der Waals surface area contributed by atoms with Gasteiger partial charge in [-0.15, -0.1) is 11.3 Å². The lowest BCUT2D eigenvalue weighted by Gasteiger charge is -2.33. The number of hydrogen-bond acceptors (Lipinski definition) is 5. The first-order chi connectivity index (χ1) is 14.1. The Hall–Kier alpha value is -2.53. The molecule has 158 valence electrons. The fourth-order valence-corrected chi connectivity index (χ4v) is 4.69. The molecule has 4 rings (SSSR count). The van der Waals surface area contributed by atoms with E-state index in [9.17, 15) is 23.1 Å². The third-order valence-corrected chi connectivity index (χ3v) is 6.53. The molecule has 6 nitrogen and oxygen atoms in total. The number of rotatable bonds is 3. The molecule has 0 bridgehead atoms. The Labute approximate surface area is 181 Å². The Balaban J connectivity index is 1.71. The summed E-state index contributed by atoms with van der Waals surface area (Å²) in [5, 5.41) is 21.3. The Kier molecular flexibility index (Phi) is 5.27. The summed E-state index contributed by atoms with van der Waals surface area (Å²) >= 11 is 4.59. The van der Waals surface area contributed by atoms with Crippen LogP contribution in [0.2, 0.25) is 0 Å². The number of anilines is 2. The van der Waals surface area contributed by atoms with E-state index >= 15 is 0 Å². The predicted octanol–water partition coefficient (Wildman–Crippen LogP) is 5.63. The van der Waals surface area contributed by atoms with Crippen molar-refractivity contribution in [2.75, 3.05) is 10.6 Å². The van der Waals surface area contributed by atoms with Crippen molar-refractivity contribution in [3.8, 4) is 5.75 Å². The van der Waals surface area contributed by atoms with Crippen LogP contribution in [0.5, 0.6) is 5.75 Å². The van der Waals surface area contributed by atoms with Gasteiger partial charge in [0.05, 0.1) is 16.2 Å². The molecule has 1 aliphatic heterocycles. The summed E-state index contributed by atoms with van der Waals surface area (Å²) in [4.78, 5) is 13.5. The highest BCUT2D eigenvalue weighted by molar-refractivity contribution is 9.10. The summed E-state index contributed by atoms with van der Waals surface area (Å²) in [7, 11) is 0. The molecule has 3 heterocycles. The summed E-state index contributed by atoms with van der Waals surface area (Å²) in [5.41, 5.74) is 0.734. The van der Waals surface area contributed by atoms with E-state index in [1.165, 1.54) is 17.4 Å². The van der Waals surface area contributed by atoms with Gasteiger partial charge in [0, 0.05) is 11.3 Å². The standard InChI is InChI=1S/C19H16BrF3N4O2S/c1-9-4-5-12(28)10(7-9)25-18(29)16-15(20)17-24-11(13-3-2-6-30-13)8-14(19(21,22)23)27(17)26-16/h2-7,11,14,24,28H,8H2,1H3,(H,25,29)/t11-,14+/m1/s1. The number of benzene rings is 1. The van der Waals surface area contributed by atoms with E-state index in [1.807, 2.05) is 0 Å². The van der Waals surface area contributed by atoms with Gasteiger partial charge in [0.15, 0.2) is 11.7 Å². The fraction of sp³-hybridized carbons (Fsp3) is 0.263. The van der Waals surface area contributed by atoms with Gasteiger partial charge in [0.2, 0.25) is 0 Å². The first kappa shape index (κ1) is 20.7. The summed E-state index contributed by atoms with van der Waals surface area (Å²) < 4.78 is 42.3. The molecule has 3 N–H and O–H groups in total. The SMILES string of the molecule is Cc1ccc(O)c(NC(=O)c2nn3c(c2Br)N[C@@H](c2cccs2)C[C@H]3C(F)(F)F)c1. The quantitative estimate of drug-likeness (QED) is 0.407. The topological polar surface area (TPSA) is 79.2 Å². The van der Waals surface area contributed by atoms with Crippen molar-refractivity contribution < 1.29 is 23.1 Å². The molecule has 0 spiro atoms. The maximum Gasteiger partial charge on any atom is 0.410 e. The number of carbonyl (C=O) groups is 1. The lowest BCUT2D eigenvalue weighted by molar-refractivity contribution is -0.173. The minimum atomic E-state index is -4.54. The van der Waals surface area contributed by atoms with E-state index in [0.717, 1.165) is 15.1 Å². The normalized spacial score (nSPS) is 18.6. The zero-order chi connectivity index (χ0) is 21.6.